The first-order chi connectivity index (χ1) is 14.4. The molecule has 0 aromatic heterocycles. The molecule has 0 saturated carbocycles. The molecule has 0 spiro atoms. The van der Waals surface area contributed by atoms with Gasteiger partial charge in [-0.3, -0.25) is 24.6 Å². The molecule has 3 rings (SSSR count). The lowest BCUT2D eigenvalue weighted by atomic mass is 10.0. The minimum absolute atomic E-state index is 0.0787. The molecular weight excluding hydrogens is 384 g/mol. The van der Waals surface area contributed by atoms with Crippen molar-refractivity contribution in [3.8, 4) is 0 Å². The molecule has 0 radical (unpaired) electrons. The molecule has 0 saturated heterocycles. The molecule has 0 fully saturated rings. The first-order valence-electron chi connectivity index (χ1n) is 9.88. The molecule has 8 nitrogen and oxygen atoms in total. The highest BCUT2D eigenvalue weighted by Gasteiger charge is 2.38. The molecule has 1 N–H and O–H groups in total. The van der Waals surface area contributed by atoms with E-state index in [-0.39, 0.29) is 23.5 Å². The van der Waals surface area contributed by atoms with E-state index >= 15 is 0 Å². The number of nitrogens with zero attached hydrogens (tertiary/aromatic N) is 3. The maximum Gasteiger partial charge on any atom is 0.278 e. The van der Waals surface area contributed by atoms with Gasteiger partial charge in [-0.15, -0.1) is 0 Å². The van der Waals surface area contributed by atoms with Gasteiger partial charge in [-0.25, -0.2) is 0 Å². The molecule has 0 aliphatic carbocycles. The quantitative estimate of drug-likeness (QED) is 0.407. The lowest BCUT2D eigenvalue weighted by Crippen LogP contribution is -2.32. The van der Waals surface area contributed by atoms with Crippen LogP contribution >= 0.6 is 0 Å². The smallest absolute Gasteiger partial charge is 0.278 e. The van der Waals surface area contributed by atoms with Crippen LogP contribution in [-0.2, 0) is 9.59 Å². The number of nitro benzene ring substituents is 1. The Hall–Kier alpha value is -3.68. The van der Waals surface area contributed by atoms with Crippen LogP contribution in [0.25, 0.3) is 5.57 Å². The maximum absolute atomic E-state index is 12.9. The number of benzene rings is 2. The van der Waals surface area contributed by atoms with Crippen molar-refractivity contribution in [2.45, 2.75) is 20.8 Å². The van der Waals surface area contributed by atoms with Crippen LogP contribution < -0.4 is 10.2 Å². The number of nitro groups is 1. The largest absolute Gasteiger partial charge is 0.372 e. The number of amides is 2. The molecule has 2 aromatic carbocycles. The summed E-state index contributed by atoms with van der Waals surface area (Å²) in [5.41, 5.74) is 2.51. The molecule has 30 heavy (non-hydrogen) atoms. The predicted octanol–water partition coefficient (Wildman–Crippen LogP) is 3.65. The summed E-state index contributed by atoms with van der Waals surface area (Å²) < 4.78 is 0. The van der Waals surface area contributed by atoms with Gasteiger partial charge in [0.2, 0.25) is 0 Å². The van der Waals surface area contributed by atoms with Gasteiger partial charge in [-0.05, 0) is 62.7 Å². The van der Waals surface area contributed by atoms with Gasteiger partial charge in [0.1, 0.15) is 5.70 Å². The molecule has 2 aromatic rings. The zero-order valence-corrected chi connectivity index (χ0v) is 17.2. The van der Waals surface area contributed by atoms with Crippen molar-refractivity contribution in [3.63, 3.8) is 0 Å². The number of carbonyl (C=O) groups excluding carboxylic acids is 2. The molecule has 1 aliphatic rings. The number of non-ortho nitro benzene ring substituents is 1. The number of rotatable bonds is 8. The van der Waals surface area contributed by atoms with Gasteiger partial charge in [0.25, 0.3) is 17.5 Å². The van der Waals surface area contributed by atoms with Crippen LogP contribution in [0.4, 0.5) is 17.1 Å². The normalized spacial score (nSPS) is 13.8. The number of imide groups is 1. The van der Waals surface area contributed by atoms with Crippen molar-refractivity contribution < 1.29 is 14.5 Å². The highest BCUT2D eigenvalue weighted by atomic mass is 16.6. The Morgan fingerprint density at radius 2 is 1.53 bits per heavy atom. The minimum atomic E-state index is -0.505. The van der Waals surface area contributed by atoms with Gasteiger partial charge in [0.15, 0.2) is 0 Å². The number of hydrogen-bond acceptors (Lipinski definition) is 6. The summed E-state index contributed by atoms with van der Waals surface area (Å²) in [5.74, 6) is -0.831. The summed E-state index contributed by atoms with van der Waals surface area (Å²) in [5, 5.41) is 14.0. The summed E-state index contributed by atoms with van der Waals surface area (Å²) in [4.78, 5) is 39.5. The predicted molar refractivity (Wildman–Crippen MR) is 116 cm³/mol. The number of nitrogens with one attached hydrogen (secondary N) is 1. The van der Waals surface area contributed by atoms with Crippen molar-refractivity contribution in [3.05, 3.63) is 69.9 Å². The fourth-order valence-electron chi connectivity index (χ4n) is 3.49. The van der Waals surface area contributed by atoms with Crippen molar-refractivity contribution in [2.75, 3.05) is 29.9 Å². The van der Waals surface area contributed by atoms with E-state index in [4.69, 9.17) is 0 Å². The molecule has 0 unspecified atom stereocenters. The van der Waals surface area contributed by atoms with Gasteiger partial charge in [0, 0.05) is 43.1 Å². The van der Waals surface area contributed by atoms with Crippen LogP contribution in [0.15, 0.2) is 54.2 Å². The van der Waals surface area contributed by atoms with Crippen molar-refractivity contribution in [1.29, 1.82) is 0 Å². The van der Waals surface area contributed by atoms with E-state index < -0.39 is 16.7 Å². The Balaban J connectivity index is 1.98. The Bertz CT molecular complexity index is 993. The van der Waals surface area contributed by atoms with Crippen LogP contribution in [0, 0.1) is 10.1 Å². The Labute approximate surface area is 174 Å². The third-order valence-corrected chi connectivity index (χ3v) is 5.12. The Morgan fingerprint density at radius 1 is 0.933 bits per heavy atom. The fraction of sp³-hybridized carbons (Fsp3) is 0.273. The zero-order chi connectivity index (χ0) is 21.8. The second-order valence-corrected chi connectivity index (χ2v) is 6.75. The van der Waals surface area contributed by atoms with Crippen LogP contribution in [0.2, 0.25) is 0 Å². The maximum atomic E-state index is 12.9. The van der Waals surface area contributed by atoms with E-state index in [0.717, 1.165) is 23.7 Å². The highest BCUT2D eigenvalue weighted by molar-refractivity contribution is 6.36. The average Bonchev–Trinajstić information content (AvgIpc) is 2.99. The van der Waals surface area contributed by atoms with Crippen LogP contribution in [0.3, 0.4) is 0 Å². The van der Waals surface area contributed by atoms with E-state index in [1.54, 1.807) is 6.92 Å². The van der Waals surface area contributed by atoms with Gasteiger partial charge in [-0.2, -0.15) is 0 Å². The molecule has 1 heterocycles. The lowest BCUT2D eigenvalue weighted by molar-refractivity contribution is -0.384. The molecule has 0 atom stereocenters. The van der Waals surface area contributed by atoms with Crippen molar-refractivity contribution in [2.24, 2.45) is 0 Å². The summed E-state index contributed by atoms with van der Waals surface area (Å²) in [6.07, 6.45) is 0. The van der Waals surface area contributed by atoms with E-state index in [2.05, 4.69) is 24.1 Å². The lowest BCUT2D eigenvalue weighted by Gasteiger charge is -2.21. The van der Waals surface area contributed by atoms with Crippen LogP contribution in [0.1, 0.15) is 26.3 Å². The summed E-state index contributed by atoms with van der Waals surface area (Å²) in [7, 11) is 0. The van der Waals surface area contributed by atoms with Crippen LogP contribution in [0.5, 0.6) is 0 Å². The molecule has 0 bridgehead atoms. The molecular formula is C22H24N4O4. The second-order valence-electron chi connectivity index (χ2n) is 6.75. The van der Waals surface area contributed by atoms with Crippen LogP contribution in [-0.4, -0.2) is 41.3 Å². The zero-order valence-electron chi connectivity index (χ0n) is 17.2. The van der Waals surface area contributed by atoms with Crippen molar-refractivity contribution >= 4 is 34.4 Å². The number of anilines is 2. The van der Waals surface area contributed by atoms with E-state index in [0.29, 0.717) is 11.3 Å². The topological polar surface area (TPSA) is 95.8 Å². The number of carbonyl (C=O) groups is 2. The Kier molecular flexibility index (Phi) is 6.15. The summed E-state index contributed by atoms with van der Waals surface area (Å²) >= 11 is 0. The number of likely N-dealkylation sites (N-methyl/N-ethyl adjacent to an activating group) is 1. The third kappa shape index (κ3) is 3.89. The standard InChI is InChI=1S/C22H24N4O4/c1-4-24(5-2)17-13-9-16(10-14-17)23-20-19(21(27)25(6-3)22(20)28)15-7-11-18(12-8-15)26(29)30/h7-14,23H,4-6H2,1-3H3. The van der Waals surface area contributed by atoms with E-state index in [1.807, 2.05) is 24.3 Å². The highest BCUT2D eigenvalue weighted by Crippen LogP contribution is 2.31. The molecule has 156 valence electrons. The first-order valence-corrected chi connectivity index (χ1v) is 9.88. The fourth-order valence-corrected chi connectivity index (χ4v) is 3.49. The van der Waals surface area contributed by atoms with Gasteiger partial charge in [0.05, 0.1) is 10.5 Å². The van der Waals surface area contributed by atoms with Gasteiger partial charge >= 0.3 is 0 Å². The monoisotopic (exact) mass is 408 g/mol. The molecule has 1 aliphatic heterocycles. The first kappa shape index (κ1) is 21.0. The van der Waals surface area contributed by atoms with Gasteiger partial charge in [-0.1, -0.05) is 0 Å². The van der Waals surface area contributed by atoms with Gasteiger partial charge < -0.3 is 10.2 Å². The second kappa shape index (κ2) is 8.77. The summed E-state index contributed by atoms with van der Waals surface area (Å²) in [6, 6.07) is 13.3. The number of hydrogen-bond donors (Lipinski definition) is 1. The minimum Gasteiger partial charge on any atom is -0.372 e. The van der Waals surface area contributed by atoms with E-state index in [9.17, 15) is 19.7 Å². The van der Waals surface area contributed by atoms with E-state index in [1.165, 1.54) is 24.3 Å². The SMILES string of the molecule is CCN1C(=O)C(Nc2ccc(N(CC)CC)cc2)=C(c2ccc([N+](=O)[O-])cc2)C1=O. The average molecular weight is 408 g/mol. The molecule has 8 heteroatoms. The molecule has 2 amide bonds. The Morgan fingerprint density at radius 3 is 2.03 bits per heavy atom. The summed E-state index contributed by atoms with van der Waals surface area (Å²) in [6.45, 7) is 7.90. The van der Waals surface area contributed by atoms with Crippen molar-refractivity contribution in [1.82, 2.24) is 4.90 Å². The third-order valence-electron chi connectivity index (χ3n) is 5.12.